The van der Waals surface area contributed by atoms with Crippen LogP contribution in [0.1, 0.15) is 45.7 Å². The Balaban J connectivity index is 3.07. The normalized spacial score (nSPS) is 11.3. The number of hydrogen-bond donors (Lipinski definition) is 0. The molecule has 0 saturated heterocycles. The SMILES string of the molecule is C=C(C)c1cc(OC(C)(C)C)ccc1CC. The number of hydrogen-bond acceptors (Lipinski definition) is 1. The maximum Gasteiger partial charge on any atom is 0.120 e. The fourth-order valence-electron chi connectivity index (χ4n) is 1.68. The summed E-state index contributed by atoms with van der Waals surface area (Å²) in [5.74, 6) is 0.919. The number of aryl methyl sites for hydroxylation is 1. The highest BCUT2D eigenvalue weighted by atomic mass is 16.5. The summed E-state index contributed by atoms with van der Waals surface area (Å²) in [6.45, 7) is 14.4. The fourth-order valence-corrected chi connectivity index (χ4v) is 1.68. The van der Waals surface area contributed by atoms with Crippen LogP contribution in [0, 0.1) is 0 Å². The predicted molar refractivity (Wildman–Crippen MR) is 70.9 cm³/mol. The van der Waals surface area contributed by atoms with Crippen molar-refractivity contribution in [3.63, 3.8) is 0 Å². The first-order valence-corrected chi connectivity index (χ1v) is 5.81. The Morgan fingerprint density at radius 3 is 2.38 bits per heavy atom. The van der Waals surface area contributed by atoms with Gasteiger partial charge >= 0.3 is 0 Å². The molecule has 0 heterocycles. The second kappa shape index (κ2) is 4.73. The van der Waals surface area contributed by atoms with E-state index in [1.54, 1.807) is 0 Å². The number of allylic oxidation sites excluding steroid dienone is 1. The summed E-state index contributed by atoms with van der Waals surface area (Å²) in [5.41, 5.74) is 3.48. The number of rotatable bonds is 3. The summed E-state index contributed by atoms with van der Waals surface area (Å²) >= 11 is 0. The third kappa shape index (κ3) is 3.41. The molecule has 0 aromatic heterocycles. The van der Waals surface area contributed by atoms with E-state index >= 15 is 0 Å². The molecule has 0 atom stereocenters. The molecule has 1 aromatic carbocycles. The minimum absolute atomic E-state index is 0.153. The molecule has 16 heavy (non-hydrogen) atoms. The number of benzene rings is 1. The average Bonchev–Trinajstić information content (AvgIpc) is 2.15. The van der Waals surface area contributed by atoms with Gasteiger partial charge in [-0.1, -0.05) is 25.1 Å². The van der Waals surface area contributed by atoms with Gasteiger partial charge in [0, 0.05) is 0 Å². The van der Waals surface area contributed by atoms with Gasteiger partial charge in [0.1, 0.15) is 11.4 Å². The van der Waals surface area contributed by atoms with Crippen molar-refractivity contribution in [3.8, 4) is 5.75 Å². The van der Waals surface area contributed by atoms with Crippen LogP contribution in [0.3, 0.4) is 0 Å². The summed E-state index contributed by atoms with van der Waals surface area (Å²) in [7, 11) is 0. The topological polar surface area (TPSA) is 9.23 Å². The summed E-state index contributed by atoms with van der Waals surface area (Å²) < 4.78 is 5.85. The molecular formula is C15H22O. The first-order chi connectivity index (χ1) is 7.33. The highest BCUT2D eigenvalue weighted by Crippen LogP contribution is 2.26. The lowest BCUT2D eigenvalue weighted by Crippen LogP contribution is -2.23. The second-order valence-electron chi connectivity index (χ2n) is 5.17. The molecule has 1 rings (SSSR count). The van der Waals surface area contributed by atoms with Crippen LogP contribution in [0.2, 0.25) is 0 Å². The van der Waals surface area contributed by atoms with Crippen molar-refractivity contribution in [1.82, 2.24) is 0 Å². The third-order valence-corrected chi connectivity index (χ3v) is 2.35. The summed E-state index contributed by atoms with van der Waals surface area (Å²) in [6.07, 6.45) is 1.03. The maximum atomic E-state index is 5.85. The van der Waals surface area contributed by atoms with Gasteiger partial charge in [0.05, 0.1) is 0 Å². The van der Waals surface area contributed by atoms with Gasteiger partial charge < -0.3 is 4.74 Å². The van der Waals surface area contributed by atoms with Crippen molar-refractivity contribution in [2.75, 3.05) is 0 Å². The van der Waals surface area contributed by atoms with Crippen LogP contribution in [0.15, 0.2) is 24.8 Å². The van der Waals surface area contributed by atoms with Crippen LogP contribution in [-0.2, 0) is 6.42 Å². The van der Waals surface area contributed by atoms with Crippen molar-refractivity contribution >= 4 is 5.57 Å². The molecule has 0 aliphatic heterocycles. The zero-order valence-corrected chi connectivity index (χ0v) is 11.1. The Morgan fingerprint density at radius 2 is 1.94 bits per heavy atom. The molecule has 0 N–H and O–H groups in total. The predicted octanol–water partition coefficient (Wildman–Crippen LogP) is 4.46. The van der Waals surface area contributed by atoms with Gasteiger partial charge in [-0.15, -0.1) is 0 Å². The molecule has 0 aliphatic rings. The van der Waals surface area contributed by atoms with Crippen molar-refractivity contribution in [1.29, 1.82) is 0 Å². The number of ether oxygens (including phenoxy) is 1. The van der Waals surface area contributed by atoms with Crippen molar-refractivity contribution in [3.05, 3.63) is 35.9 Å². The van der Waals surface area contributed by atoms with E-state index in [1.165, 1.54) is 11.1 Å². The summed E-state index contributed by atoms with van der Waals surface area (Å²) in [4.78, 5) is 0. The van der Waals surface area contributed by atoms with E-state index in [1.807, 2.05) is 13.0 Å². The van der Waals surface area contributed by atoms with Gasteiger partial charge in [0.2, 0.25) is 0 Å². The van der Waals surface area contributed by atoms with Gasteiger partial charge in [-0.25, -0.2) is 0 Å². The first kappa shape index (κ1) is 12.8. The molecule has 0 spiro atoms. The molecule has 0 bridgehead atoms. The Hall–Kier alpha value is -1.24. The van der Waals surface area contributed by atoms with E-state index in [4.69, 9.17) is 4.74 Å². The Kier molecular flexibility index (Phi) is 3.79. The van der Waals surface area contributed by atoms with E-state index < -0.39 is 0 Å². The van der Waals surface area contributed by atoms with E-state index in [-0.39, 0.29) is 5.60 Å². The van der Waals surface area contributed by atoms with Gasteiger partial charge in [0.15, 0.2) is 0 Å². The fraction of sp³-hybridized carbons (Fsp3) is 0.467. The van der Waals surface area contributed by atoms with E-state index in [9.17, 15) is 0 Å². The monoisotopic (exact) mass is 218 g/mol. The lowest BCUT2D eigenvalue weighted by atomic mass is 9.99. The summed E-state index contributed by atoms with van der Waals surface area (Å²) in [6, 6.07) is 6.26. The Labute approximate surface area is 99.1 Å². The molecule has 88 valence electrons. The van der Waals surface area contributed by atoms with Gasteiger partial charge in [-0.3, -0.25) is 0 Å². The molecule has 0 unspecified atom stereocenters. The van der Waals surface area contributed by atoms with Crippen LogP contribution in [0.5, 0.6) is 5.75 Å². The highest BCUT2D eigenvalue weighted by Gasteiger charge is 2.13. The zero-order chi connectivity index (χ0) is 12.3. The summed E-state index contributed by atoms with van der Waals surface area (Å²) in [5, 5.41) is 0. The molecule has 0 aliphatic carbocycles. The molecule has 0 saturated carbocycles. The van der Waals surface area contributed by atoms with E-state index in [0.717, 1.165) is 17.7 Å². The Morgan fingerprint density at radius 1 is 1.31 bits per heavy atom. The molecule has 0 fully saturated rings. The quantitative estimate of drug-likeness (QED) is 0.728. The van der Waals surface area contributed by atoms with Crippen LogP contribution >= 0.6 is 0 Å². The second-order valence-corrected chi connectivity index (χ2v) is 5.17. The standard InChI is InChI=1S/C15H22O/c1-7-12-8-9-13(16-15(4,5)6)10-14(12)11(2)3/h8-10H,2,7H2,1,3-6H3. The lowest BCUT2D eigenvalue weighted by Gasteiger charge is -2.22. The molecular weight excluding hydrogens is 196 g/mol. The molecule has 0 radical (unpaired) electrons. The highest BCUT2D eigenvalue weighted by molar-refractivity contribution is 5.66. The van der Waals surface area contributed by atoms with Crippen LogP contribution < -0.4 is 4.74 Å². The van der Waals surface area contributed by atoms with Crippen molar-refractivity contribution in [2.45, 2.75) is 46.6 Å². The van der Waals surface area contributed by atoms with Gasteiger partial charge in [-0.05, 0) is 57.4 Å². The third-order valence-electron chi connectivity index (χ3n) is 2.35. The first-order valence-electron chi connectivity index (χ1n) is 5.81. The minimum Gasteiger partial charge on any atom is -0.488 e. The molecule has 0 amide bonds. The van der Waals surface area contributed by atoms with Crippen molar-refractivity contribution in [2.24, 2.45) is 0 Å². The largest absolute Gasteiger partial charge is 0.488 e. The minimum atomic E-state index is -0.153. The van der Waals surface area contributed by atoms with E-state index in [2.05, 4.69) is 46.4 Å². The van der Waals surface area contributed by atoms with Crippen molar-refractivity contribution < 1.29 is 4.74 Å². The van der Waals surface area contributed by atoms with Gasteiger partial charge in [0.25, 0.3) is 0 Å². The van der Waals surface area contributed by atoms with Crippen LogP contribution in [0.4, 0.5) is 0 Å². The van der Waals surface area contributed by atoms with Gasteiger partial charge in [-0.2, -0.15) is 0 Å². The molecule has 1 nitrogen and oxygen atoms in total. The lowest BCUT2D eigenvalue weighted by molar-refractivity contribution is 0.131. The average molecular weight is 218 g/mol. The molecule has 1 heteroatoms. The Bertz CT molecular complexity index is 383. The maximum absolute atomic E-state index is 5.85. The van der Waals surface area contributed by atoms with Crippen LogP contribution in [-0.4, -0.2) is 5.60 Å². The van der Waals surface area contributed by atoms with E-state index in [0.29, 0.717) is 0 Å². The molecule has 1 aromatic rings. The smallest absolute Gasteiger partial charge is 0.120 e. The zero-order valence-electron chi connectivity index (χ0n) is 11.1. The van der Waals surface area contributed by atoms with Crippen LogP contribution in [0.25, 0.3) is 5.57 Å².